The number of halogens is 1. The smallest absolute Gasteiger partial charge is 0.303 e. The third-order valence-corrected chi connectivity index (χ3v) is 4.79. The molecule has 132 valence electrons. The average Bonchev–Trinajstić information content (AvgIpc) is 3.09. The van der Waals surface area contributed by atoms with Crippen LogP contribution in [0.15, 0.2) is 35.1 Å². The summed E-state index contributed by atoms with van der Waals surface area (Å²) in [6.07, 6.45) is 3.75. The highest BCUT2D eigenvalue weighted by molar-refractivity contribution is 6.33. The lowest BCUT2D eigenvalue weighted by Gasteiger charge is -2.32. The number of likely N-dealkylation sites (tertiary alicyclic amines) is 1. The van der Waals surface area contributed by atoms with Gasteiger partial charge >= 0.3 is 5.97 Å². The van der Waals surface area contributed by atoms with Gasteiger partial charge in [0.1, 0.15) is 0 Å². The third-order valence-electron chi connectivity index (χ3n) is 4.46. The molecule has 0 spiro atoms. The second-order valence-electron chi connectivity index (χ2n) is 6.20. The molecule has 1 atom stereocenters. The number of hydrogen-bond donors (Lipinski definition) is 1. The van der Waals surface area contributed by atoms with Crippen LogP contribution in [0.25, 0.3) is 11.3 Å². The summed E-state index contributed by atoms with van der Waals surface area (Å²) in [5, 5.41) is 9.33. The predicted molar refractivity (Wildman–Crippen MR) is 92.4 cm³/mol. The molecule has 1 unspecified atom stereocenters. The van der Waals surface area contributed by atoms with Gasteiger partial charge in [0.15, 0.2) is 17.8 Å². The van der Waals surface area contributed by atoms with Crippen molar-refractivity contribution >= 4 is 23.5 Å². The largest absolute Gasteiger partial charge is 0.481 e. The minimum atomic E-state index is -0.805. The van der Waals surface area contributed by atoms with Crippen molar-refractivity contribution in [1.82, 2.24) is 9.88 Å². The Kier molecular flexibility index (Phi) is 5.38. The van der Waals surface area contributed by atoms with Gasteiger partial charge in [0.25, 0.3) is 5.91 Å². The first-order valence-corrected chi connectivity index (χ1v) is 8.63. The van der Waals surface area contributed by atoms with E-state index in [-0.39, 0.29) is 23.9 Å². The maximum atomic E-state index is 12.9. The van der Waals surface area contributed by atoms with Gasteiger partial charge in [-0.15, -0.1) is 0 Å². The first-order valence-electron chi connectivity index (χ1n) is 8.25. The lowest BCUT2D eigenvalue weighted by molar-refractivity contribution is -0.137. The Balaban J connectivity index is 1.77. The van der Waals surface area contributed by atoms with Gasteiger partial charge in [-0.3, -0.25) is 9.59 Å². The van der Waals surface area contributed by atoms with E-state index in [4.69, 9.17) is 21.1 Å². The van der Waals surface area contributed by atoms with Crippen LogP contribution in [0.3, 0.4) is 0 Å². The van der Waals surface area contributed by atoms with Gasteiger partial charge in [0, 0.05) is 25.1 Å². The molecule has 2 aromatic rings. The van der Waals surface area contributed by atoms with E-state index in [1.54, 1.807) is 23.1 Å². The number of carbonyl (C=O) groups is 2. The summed E-state index contributed by atoms with van der Waals surface area (Å²) < 4.78 is 5.43. The van der Waals surface area contributed by atoms with Crippen LogP contribution in [0.4, 0.5) is 0 Å². The zero-order valence-electron chi connectivity index (χ0n) is 13.7. The highest BCUT2D eigenvalue weighted by Gasteiger charge is 2.29. The molecule has 1 fully saturated rings. The summed E-state index contributed by atoms with van der Waals surface area (Å²) in [6, 6.07) is 7.14. The van der Waals surface area contributed by atoms with Crippen LogP contribution in [-0.2, 0) is 4.79 Å². The van der Waals surface area contributed by atoms with Crippen molar-refractivity contribution in [3.8, 4) is 11.3 Å². The first-order chi connectivity index (χ1) is 12.1. The molecule has 1 aromatic carbocycles. The van der Waals surface area contributed by atoms with Crippen molar-refractivity contribution in [3.63, 3.8) is 0 Å². The van der Waals surface area contributed by atoms with E-state index in [2.05, 4.69) is 4.98 Å². The lowest BCUT2D eigenvalue weighted by Crippen LogP contribution is -2.40. The molecule has 1 N–H and O–H groups in total. The van der Waals surface area contributed by atoms with E-state index < -0.39 is 5.97 Å². The number of piperidine rings is 1. The SMILES string of the molecule is O=C(O)CCC1CCCN(C(=O)c2ncoc2-c2ccccc2Cl)C1. The second kappa shape index (κ2) is 7.70. The molecular weight excluding hydrogens is 344 g/mol. The van der Waals surface area contributed by atoms with Gasteiger partial charge in [0.2, 0.25) is 0 Å². The summed E-state index contributed by atoms with van der Waals surface area (Å²) in [5.41, 5.74) is 0.872. The molecule has 2 heterocycles. The van der Waals surface area contributed by atoms with Crippen LogP contribution in [0.2, 0.25) is 5.02 Å². The lowest BCUT2D eigenvalue weighted by atomic mass is 9.93. The summed E-state index contributed by atoms with van der Waals surface area (Å²) in [7, 11) is 0. The number of oxazole rings is 1. The van der Waals surface area contributed by atoms with Crippen LogP contribution in [0.5, 0.6) is 0 Å². The maximum absolute atomic E-state index is 12.9. The number of carbonyl (C=O) groups excluding carboxylic acids is 1. The fourth-order valence-electron chi connectivity index (χ4n) is 3.20. The summed E-state index contributed by atoms with van der Waals surface area (Å²) >= 11 is 6.20. The number of nitrogens with zero attached hydrogens (tertiary/aromatic N) is 2. The molecule has 1 aromatic heterocycles. The predicted octanol–water partition coefficient (Wildman–Crippen LogP) is 3.71. The number of rotatable bonds is 5. The molecule has 7 heteroatoms. The molecular formula is C18H19ClN2O4. The topological polar surface area (TPSA) is 83.6 Å². The molecule has 0 bridgehead atoms. The Hall–Kier alpha value is -2.34. The van der Waals surface area contributed by atoms with Crippen molar-refractivity contribution in [2.45, 2.75) is 25.7 Å². The van der Waals surface area contributed by atoms with Crippen molar-refractivity contribution in [2.75, 3.05) is 13.1 Å². The minimum absolute atomic E-state index is 0.127. The molecule has 0 saturated carbocycles. The van der Waals surface area contributed by atoms with Crippen LogP contribution < -0.4 is 0 Å². The van der Waals surface area contributed by atoms with Crippen molar-refractivity contribution in [2.24, 2.45) is 5.92 Å². The molecule has 3 rings (SSSR count). The Morgan fingerprint density at radius 3 is 2.92 bits per heavy atom. The molecule has 0 aliphatic carbocycles. The highest BCUT2D eigenvalue weighted by Crippen LogP contribution is 2.31. The number of aliphatic carboxylic acids is 1. The average molecular weight is 363 g/mol. The first kappa shape index (κ1) is 17.5. The van der Waals surface area contributed by atoms with E-state index >= 15 is 0 Å². The van der Waals surface area contributed by atoms with Gasteiger partial charge in [0.05, 0.1) is 5.02 Å². The summed E-state index contributed by atoms with van der Waals surface area (Å²) in [6.45, 7) is 1.18. The molecule has 1 aliphatic rings. The maximum Gasteiger partial charge on any atom is 0.303 e. The molecule has 25 heavy (non-hydrogen) atoms. The van der Waals surface area contributed by atoms with E-state index in [1.807, 2.05) is 6.07 Å². The molecule has 6 nitrogen and oxygen atoms in total. The van der Waals surface area contributed by atoms with Crippen molar-refractivity contribution in [3.05, 3.63) is 41.4 Å². The highest BCUT2D eigenvalue weighted by atomic mass is 35.5. The van der Waals surface area contributed by atoms with Gasteiger partial charge in [-0.1, -0.05) is 23.7 Å². The molecule has 0 radical (unpaired) electrons. The number of carboxylic acid groups (broad SMARTS) is 1. The second-order valence-corrected chi connectivity index (χ2v) is 6.61. The Morgan fingerprint density at radius 2 is 2.16 bits per heavy atom. The molecule has 1 amide bonds. The zero-order chi connectivity index (χ0) is 17.8. The Bertz CT molecular complexity index is 774. The van der Waals surface area contributed by atoms with Crippen molar-refractivity contribution < 1.29 is 19.1 Å². The Morgan fingerprint density at radius 1 is 1.36 bits per heavy atom. The number of aromatic nitrogens is 1. The fourth-order valence-corrected chi connectivity index (χ4v) is 3.42. The van der Waals surface area contributed by atoms with Gasteiger partial charge < -0.3 is 14.4 Å². The van der Waals surface area contributed by atoms with Crippen LogP contribution in [0.1, 0.15) is 36.2 Å². The van der Waals surface area contributed by atoms with E-state index in [0.717, 1.165) is 12.8 Å². The fraction of sp³-hybridized carbons (Fsp3) is 0.389. The number of hydrogen-bond acceptors (Lipinski definition) is 4. The monoisotopic (exact) mass is 362 g/mol. The standard InChI is InChI=1S/C18H19ClN2O4/c19-14-6-2-1-5-13(14)17-16(20-11-25-17)18(24)21-9-3-4-12(10-21)7-8-15(22)23/h1-2,5-6,11-12H,3-4,7-10H2,(H,22,23). The Labute approximate surface area is 150 Å². The number of amides is 1. The van der Waals surface area contributed by atoms with Gasteiger partial charge in [-0.2, -0.15) is 0 Å². The molecule has 1 saturated heterocycles. The van der Waals surface area contributed by atoms with E-state index in [9.17, 15) is 9.59 Å². The minimum Gasteiger partial charge on any atom is -0.481 e. The normalized spacial score (nSPS) is 17.5. The van der Waals surface area contributed by atoms with Gasteiger partial charge in [-0.05, 0) is 37.3 Å². The van der Waals surface area contributed by atoms with Crippen molar-refractivity contribution in [1.29, 1.82) is 0 Å². The van der Waals surface area contributed by atoms with Crippen LogP contribution in [-0.4, -0.2) is 40.0 Å². The quantitative estimate of drug-likeness (QED) is 0.876. The number of benzene rings is 1. The van der Waals surface area contributed by atoms with E-state index in [0.29, 0.717) is 35.9 Å². The summed E-state index contributed by atoms with van der Waals surface area (Å²) in [5.74, 6) is -0.447. The third kappa shape index (κ3) is 4.02. The zero-order valence-corrected chi connectivity index (χ0v) is 14.4. The van der Waals surface area contributed by atoms with Gasteiger partial charge in [-0.25, -0.2) is 4.98 Å². The van der Waals surface area contributed by atoms with Crippen LogP contribution in [0, 0.1) is 5.92 Å². The van der Waals surface area contributed by atoms with Crippen LogP contribution >= 0.6 is 11.6 Å². The summed E-state index contributed by atoms with van der Waals surface area (Å²) in [4.78, 5) is 29.5. The van der Waals surface area contributed by atoms with E-state index in [1.165, 1.54) is 6.39 Å². The molecule has 1 aliphatic heterocycles. The number of carboxylic acids is 1.